The van der Waals surface area contributed by atoms with Crippen molar-refractivity contribution >= 4 is 27.1 Å². The lowest BCUT2D eigenvalue weighted by atomic mass is 10.5. The number of aliphatic hydroxyl groups is 1. The highest BCUT2D eigenvalue weighted by atomic mass is 79.9. The molecule has 0 spiro atoms. The Kier molecular flexibility index (Phi) is 2.68. The molecule has 16 heavy (non-hydrogen) atoms. The molecule has 0 amide bonds. The zero-order valence-corrected chi connectivity index (χ0v) is 9.98. The van der Waals surface area contributed by atoms with Crippen molar-refractivity contribution in [2.75, 3.05) is 6.61 Å². The van der Waals surface area contributed by atoms with E-state index in [1.165, 1.54) is 11.6 Å². The Morgan fingerprint density at radius 1 is 1.50 bits per heavy atom. The molecular formula is C8H9BrN4O3. The van der Waals surface area contributed by atoms with E-state index in [4.69, 9.17) is 5.11 Å². The van der Waals surface area contributed by atoms with E-state index in [-0.39, 0.29) is 24.3 Å². The predicted octanol–water partition coefficient (Wildman–Crippen LogP) is -0.822. The van der Waals surface area contributed by atoms with Gasteiger partial charge in [0.05, 0.1) is 13.2 Å². The van der Waals surface area contributed by atoms with Crippen molar-refractivity contribution in [1.82, 2.24) is 19.1 Å². The molecule has 7 nitrogen and oxygen atoms in total. The van der Waals surface area contributed by atoms with Crippen molar-refractivity contribution in [2.24, 2.45) is 7.05 Å². The van der Waals surface area contributed by atoms with E-state index < -0.39 is 11.2 Å². The Morgan fingerprint density at radius 3 is 2.81 bits per heavy atom. The van der Waals surface area contributed by atoms with Crippen molar-refractivity contribution in [1.29, 1.82) is 0 Å². The summed E-state index contributed by atoms with van der Waals surface area (Å²) in [6.07, 6.45) is 0. The Balaban J connectivity index is 2.94. The second-order valence-electron chi connectivity index (χ2n) is 3.25. The minimum atomic E-state index is -0.495. The molecule has 2 rings (SSSR count). The average molecular weight is 289 g/mol. The maximum Gasteiger partial charge on any atom is 0.332 e. The fourth-order valence-corrected chi connectivity index (χ4v) is 1.88. The zero-order valence-electron chi connectivity index (χ0n) is 8.40. The van der Waals surface area contributed by atoms with Gasteiger partial charge in [-0.05, 0) is 15.9 Å². The average Bonchev–Trinajstić information content (AvgIpc) is 2.64. The Morgan fingerprint density at radius 2 is 2.19 bits per heavy atom. The summed E-state index contributed by atoms with van der Waals surface area (Å²) in [7, 11) is 1.52. The minimum Gasteiger partial charge on any atom is -0.395 e. The van der Waals surface area contributed by atoms with Crippen molar-refractivity contribution in [3.8, 4) is 0 Å². The molecule has 2 heterocycles. The number of fused-ring (bicyclic) bond motifs is 1. The van der Waals surface area contributed by atoms with Gasteiger partial charge < -0.3 is 10.1 Å². The number of nitrogens with zero attached hydrogens (tertiary/aromatic N) is 3. The van der Waals surface area contributed by atoms with Gasteiger partial charge in [0.15, 0.2) is 15.9 Å². The number of imidazole rings is 1. The number of hydrogen-bond acceptors (Lipinski definition) is 4. The lowest BCUT2D eigenvalue weighted by molar-refractivity contribution is 0.271. The predicted molar refractivity (Wildman–Crippen MR) is 60.4 cm³/mol. The van der Waals surface area contributed by atoms with Crippen molar-refractivity contribution in [3.63, 3.8) is 0 Å². The van der Waals surface area contributed by atoms with Gasteiger partial charge in [-0.15, -0.1) is 0 Å². The quantitative estimate of drug-likeness (QED) is 0.706. The summed E-state index contributed by atoms with van der Waals surface area (Å²) in [6, 6.07) is 0. The number of aliphatic hydroxyl groups excluding tert-OH is 1. The molecule has 0 aromatic carbocycles. The first-order chi connectivity index (χ1) is 7.56. The van der Waals surface area contributed by atoms with Crippen molar-refractivity contribution in [2.45, 2.75) is 6.54 Å². The number of H-pyrrole nitrogens is 1. The fraction of sp³-hybridized carbons (Fsp3) is 0.375. The van der Waals surface area contributed by atoms with Crippen LogP contribution in [0.1, 0.15) is 0 Å². The maximum absolute atomic E-state index is 11.9. The number of halogens is 1. The van der Waals surface area contributed by atoms with E-state index in [9.17, 15) is 9.59 Å². The first kappa shape index (κ1) is 11.1. The van der Waals surface area contributed by atoms with Crippen LogP contribution >= 0.6 is 15.9 Å². The summed E-state index contributed by atoms with van der Waals surface area (Å²) in [6.45, 7) is -0.298. The van der Waals surface area contributed by atoms with Gasteiger partial charge in [-0.25, -0.2) is 9.78 Å². The monoisotopic (exact) mass is 288 g/mol. The summed E-state index contributed by atoms with van der Waals surface area (Å²) >= 11 is 3.10. The van der Waals surface area contributed by atoms with Crippen LogP contribution in [0.2, 0.25) is 0 Å². The fourth-order valence-electron chi connectivity index (χ4n) is 1.52. The molecule has 0 unspecified atom stereocenters. The van der Waals surface area contributed by atoms with Crippen LogP contribution in [0.3, 0.4) is 0 Å². The third-order valence-electron chi connectivity index (χ3n) is 2.27. The van der Waals surface area contributed by atoms with E-state index in [2.05, 4.69) is 25.9 Å². The molecule has 2 aromatic heterocycles. The maximum atomic E-state index is 11.9. The molecule has 0 saturated heterocycles. The smallest absolute Gasteiger partial charge is 0.332 e. The molecule has 86 valence electrons. The molecule has 0 bridgehead atoms. The van der Waals surface area contributed by atoms with Gasteiger partial charge in [0.25, 0.3) is 5.56 Å². The van der Waals surface area contributed by atoms with Gasteiger partial charge in [0.1, 0.15) is 0 Å². The standard InChI is InChI=1S/C8H9BrN4O3/c1-12-5-4(10-7(9)11-5)6(15)13(2-3-14)8(12)16/h14H,2-3H2,1H3,(H,10,11). The lowest BCUT2D eigenvalue weighted by Gasteiger charge is -2.05. The number of nitrogens with one attached hydrogen (secondary N) is 1. The van der Waals surface area contributed by atoms with Gasteiger partial charge in [-0.1, -0.05) is 0 Å². The summed E-state index contributed by atoms with van der Waals surface area (Å²) in [5, 5.41) is 8.79. The number of rotatable bonds is 2. The molecule has 0 saturated carbocycles. The zero-order chi connectivity index (χ0) is 11.9. The van der Waals surface area contributed by atoms with Crippen LogP contribution in [0.25, 0.3) is 11.2 Å². The first-order valence-electron chi connectivity index (χ1n) is 4.52. The number of aromatic amines is 1. The summed E-state index contributed by atoms with van der Waals surface area (Å²) in [4.78, 5) is 30.3. The number of aromatic nitrogens is 4. The van der Waals surface area contributed by atoms with E-state index in [1.807, 2.05) is 0 Å². The topological polar surface area (TPSA) is 92.9 Å². The highest BCUT2D eigenvalue weighted by Crippen LogP contribution is 2.08. The van der Waals surface area contributed by atoms with E-state index >= 15 is 0 Å². The Hall–Kier alpha value is -1.41. The van der Waals surface area contributed by atoms with Crippen LogP contribution < -0.4 is 11.2 Å². The van der Waals surface area contributed by atoms with Crippen LogP contribution in [0, 0.1) is 0 Å². The van der Waals surface area contributed by atoms with E-state index in [0.29, 0.717) is 4.73 Å². The normalized spacial score (nSPS) is 11.2. The summed E-state index contributed by atoms with van der Waals surface area (Å²) in [5.41, 5.74) is -0.450. The Bertz CT molecular complexity index is 654. The number of aryl methyl sites for hydroxylation is 1. The van der Waals surface area contributed by atoms with Crippen LogP contribution in [-0.4, -0.2) is 30.8 Å². The lowest BCUT2D eigenvalue weighted by Crippen LogP contribution is -2.39. The summed E-state index contributed by atoms with van der Waals surface area (Å²) in [5.74, 6) is 0. The summed E-state index contributed by atoms with van der Waals surface area (Å²) < 4.78 is 2.61. The Labute approximate surface area is 97.5 Å². The molecule has 0 aliphatic heterocycles. The van der Waals surface area contributed by atoms with Crippen LogP contribution in [-0.2, 0) is 13.6 Å². The highest BCUT2D eigenvalue weighted by molar-refractivity contribution is 9.10. The second kappa shape index (κ2) is 3.87. The van der Waals surface area contributed by atoms with Crippen LogP contribution in [0.4, 0.5) is 0 Å². The van der Waals surface area contributed by atoms with Gasteiger partial charge in [0, 0.05) is 7.05 Å². The minimum absolute atomic E-state index is 0.0297. The van der Waals surface area contributed by atoms with Crippen molar-refractivity contribution < 1.29 is 5.11 Å². The van der Waals surface area contributed by atoms with E-state index in [0.717, 1.165) is 4.57 Å². The van der Waals surface area contributed by atoms with Gasteiger partial charge in [-0.3, -0.25) is 13.9 Å². The first-order valence-corrected chi connectivity index (χ1v) is 5.31. The molecule has 8 heteroatoms. The van der Waals surface area contributed by atoms with Gasteiger partial charge >= 0.3 is 5.69 Å². The molecule has 2 N–H and O–H groups in total. The van der Waals surface area contributed by atoms with Crippen LogP contribution in [0.5, 0.6) is 0 Å². The third kappa shape index (κ3) is 1.50. The second-order valence-corrected chi connectivity index (χ2v) is 4.00. The molecular weight excluding hydrogens is 280 g/mol. The van der Waals surface area contributed by atoms with Crippen molar-refractivity contribution in [3.05, 3.63) is 25.6 Å². The molecule has 0 radical (unpaired) electrons. The molecule has 0 atom stereocenters. The SMILES string of the molecule is Cn1c(=O)n(CCO)c(=O)c2[nH]c(Br)nc21. The van der Waals surface area contributed by atoms with Gasteiger partial charge in [0.2, 0.25) is 0 Å². The molecule has 2 aromatic rings. The molecule has 0 fully saturated rings. The van der Waals surface area contributed by atoms with Crippen LogP contribution in [0.15, 0.2) is 14.3 Å². The largest absolute Gasteiger partial charge is 0.395 e. The highest BCUT2D eigenvalue weighted by Gasteiger charge is 2.13. The molecule has 0 aliphatic carbocycles. The van der Waals surface area contributed by atoms with E-state index in [1.54, 1.807) is 0 Å². The molecule has 0 aliphatic rings. The number of hydrogen-bond donors (Lipinski definition) is 2. The van der Waals surface area contributed by atoms with Gasteiger partial charge in [-0.2, -0.15) is 0 Å². The third-order valence-corrected chi connectivity index (χ3v) is 2.65.